The molecule has 0 atom stereocenters. The number of halogens is 3. The molecule has 0 heterocycles. The number of rotatable bonds is 5. The van der Waals surface area contributed by atoms with Crippen LogP contribution < -0.4 is 10.1 Å². The number of nitrogens with one attached hydrogen (secondary N) is 1. The van der Waals surface area contributed by atoms with E-state index in [1.165, 1.54) is 12.1 Å². The first kappa shape index (κ1) is 17.9. The molecule has 0 aromatic heterocycles. The van der Waals surface area contributed by atoms with Crippen molar-refractivity contribution in [2.75, 3.05) is 11.9 Å². The Hall–Kier alpha value is -1.40. The van der Waals surface area contributed by atoms with Crippen LogP contribution in [0.1, 0.15) is 25.3 Å². The molecule has 0 spiro atoms. The van der Waals surface area contributed by atoms with E-state index in [1.807, 2.05) is 32.0 Å². The molecule has 0 radical (unpaired) electrons. The van der Waals surface area contributed by atoms with Crippen LogP contribution >= 0.6 is 31.9 Å². The van der Waals surface area contributed by atoms with Gasteiger partial charge in [0, 0.05) is 8.95 Å². The number of ether oxygens (including phenoxy) is 1. The smallest absolute Gasteiger partial charge is 0.262 e. The van der Waals surface area contributed by atoms with Crippen molar-refractivity contribution in [3.8, 4) is 5.75 Å². The molecule has 0 saturated heterocycles. The molecule has 2 aromatic carbocycles. The van der Waals surface area contributed by atoms with Crippen LogP contribution in [0.3, 0.4) is 0 Å². The van der Waals surface area contributed by atoms with E-state index in [-0.39, 0.29) is 18.2 Å². The van der Waals surface area contributed by atoms with Crippen molar-refractivity contribution < 1.29 is 13.9 Å². The lowest BCUT2D eigenvalue weighted by Gasteiger charge is -2.14. The summed E-state index contributed by atoms with van der Waals surface area (Å²) in [5.74, 6) is -0.00723. The molecule has 0 bridgehead atoms. The van der Waals surface area contributed by atoms with E-state index in [2.05, 4.69) is 37.2 Å². The molecule has 0 aliphatic carbocycles. The molecule has 0 fully saturated rings. The van der Waals surface area contributed by atoms with E-state index >= 15 is 0 Å². The van der Waals surface area contributed by atoms with Crippen molar-refractivity contribution in [1.29, 1.82) is 0 Å². The number of benzene rings is 2. The quantitative estimate of drug-likeness (QED) is 0.661. The molecule has 0 saturated carbocycles. The predicted molar refractivity (Wildman–Crippen MR) is 96.5 cm³/mol. The Morgan fingerprint density at radius 3 is 2.48 bits per heavy atom. The minimum Gasteiger partial charge on any atom is -0.483 e. The SMILES string of the molecule is CC(C)c1cc(Br)ccc1OCC(=O)Nc1ccc(Br)cc1F. The molecule has 3 nitrogen and oxygen atoms in total. The molecule has 23 heavy (non-hydrogen) atoms. The Bertz CT molecular complexity index is 720. The van der Waals surface area contributed by atoms with E-state index in [1.54, 1.807) is 6.07 Å². The van der Waals surface area contributed by atoms with Crippen molar-refractivity contribution in [3.05, 3.63) is 56.7 Å². The first-order valence-corrected chi connectivity index (χ1v) is 8.62. The van der Waals surface area contributed by atoms with E-state index in [0.717, 1.165) is 10.0 Å². The van der Waals surface area contributed by atoms with Crippen molar-refractivity contribution >= 4 is 43.5 Å². The molecule has 0 aliphatic heterocycles. The lowest BCUT2D eigenvalue weighted by atomic mass is 10.0. The molecule has 0 aliphatic rings. The van der Waals surface area contributed by atoms with Crippen LogP contribution in [0, 0.1) is 5.82 Å². The maximum absolute atomic E-state index is 13.7. The molecule has 1 amide bonds. The van der Waals surface area contributed by atoms with E-state index in [0.29, 0.717) is 10.2 Å². The molecule has 6 heteroatoms. The van der Waals surface area contributed by atoms with Gasteiger partial charge in [0.05, 0.1) is 5.69 Å². The Labute approximate surface area is 151 Å². The van der Waals surface area contributed by atoms with Crippen molar-refractivity contribution in [2.45, 2.75) is 19.8 Å². The zero-order valence-corrected chi connectivity index (χ0v) is 15.9. The molecule has 2 aromatic rings. The highest BCUT2D eigenvalue weighted by Gasteiger charge is 2.12. The predicted octanol–water partition coefficient (Wildman–Crippen LogP) is 5.49. The van der Waals surface area contributed by atoms with Gasteiger partial charge in [0.15, 0.2) is 6.61 Å². The fourth-order valence-corrected chi connectivity index (χ4v) is 2.73. The van der Waals surface area contributed by atoms with Gasteiger partial charge in [0.25, 0.3) is 5.91 Å². The number of hydrogen-bond acceptors (Lipinski definition) is 2. The average Bonchev–Trinajstić information content (AvgIpc) is 2.48. The molecule has 0 unspecified atom stereocenters. The van der Waals surface area contributed by atoms with Crippen molar-refractivity contribution in [2.24, 2.45) is 0 Å². The van der Waals surface area contributed by atoms with Gasteiger partial charge in [0.2, 0.25) is 0 Å². The second-order valence-corrected chi connectivity index (χ2v) is 7.13. The van der Waals surface area contributed by atoms with Gasteiger partial charge in [-0.3, -0.25) is 4.79 Å². The van der Waals surface area contributed by atoms with Crippen LogP contribution in [-0.2, 0) is 4.79 Å². The third-order valence-electron chi connectivity index (χ3n) is 3.16. The minimum atomic E-state index is -0.501. The highest BCUT2D eigenvalue weighted by Crippen LogP contribution is 2.29. The third-order valence-corrected chi connectivity index (χ3v) is 4.14. The molecule has 2 rings (SSSR count). The van der Waals surface area contributed by atoms with Crippen molar-refractivity contribution in [3.63, 3.8) is 0 Å². The minimum absolute atomic E-state index is 0.127. The van der Waals surface area contributed by atoms with E-state index < -0.39 is 11.7 Å². The second-order valence-electron chi connectivity index (χ2n) is 5.30. The second kappa shape index (κ2) is 7.93. The van der Waals surface area contributed by atoms with Gasteiger partial charge in [-0.1, -0.05) is 45.7 Å². The summed E-state index contributed by atoms with van der Waals surface area (Å²) in [6.45, 7) is 3.91. The van der Waals surface area contributed by atoms with Gasteiger partial charge in [-0.25, -0.2) is 4.39 Å². The van der Waals surface area contributed by atoms with Crippen LogP contribution in [0.15, 0.2) is 45.3 Å². The Morgan fingerprint density at radius 2 is 1.83 bits per heavy atom. The van der Waals surface area contributed by atoms with Crippen LogP contribution in [0.5, 0.6) is 5.75 Å². The molecular formula is C17H16Br2FNO2. The molecule has 122 valence electrons. The fraction of sp³-hybridized carbons (Fsp3) is 0.235. The van der Waals surface area contributed by atoms with Crippen LogP contribution in [0.2, 0.25) is 0 Å². The normalized spacial score (nSPS) is 10.7. The number of carbonyl (C=O) groups is 1. The Morgan fingerprint density at radius 1 is 1.17 bits per heavy atom. The van der Waals surface area contributed by atoms with Gasteiger partial charge in [-0.15, -0.1) is 0 Å². The third kappa shape index (κ3) is 5.04. The monoisotopic (exact) mass is 443 g/mol. The van der Waals surface area contributed by atoms with E-state index in [4.69, 9.17) is 4.74 Å². The average molecular weight is 445 g/mol. The molecular weight excluding hydrogens is 429 g/mol. The topological polar surface area (TPSA) is 38.3 Å². The van der Waals surface area contributed by atoms with Crippen molar-refractivity contribution in [1.82, 2.24) is 0 Å². The lowest BCUT2D eigenvalue weighted by molar-refractivity contribution is -0.118. The van der Waals surface area contributed by atoms with Gasteiger partial charge in [-0.2, -0.15) is 0 Å². The first-order valence-electron chi connectivity index (χ1n) is 7.04. The largest absolute Gasteiger partial charge is 0.483 e. The lowest BCUT2D eigenvalue weighted by Crippen LogP contribution is -2.21. The summed E-state index contributed by atoms with van der Waals surface area (Å²) < 4.78 is 20.8. The zero-order valence-electron chi connectivity index (χ0n) is 12.7. The van der Waals surface area contributed by atoms with E-state index in [9.17, 15) is 9.18 Å². The summed E-state index contributed by atoms with van der Waals surface area (Å²) in [6.07, 6.45) is 0. The summed E-state index contributed by atoms with van der Waals surface area (Å²) in [4.78, 5) is 11.9. The van der Waals surface area contributed by atoms with Crippen LogP contribution in [-0.4, -0.2) is 12.5 Å². The highest BCUT2D eigenvalue weighted by molar-refractivity contribution is 9.10. The summed E-state index contributed by atoms with van der Waals surface area (Å²) >= 11 is 6.59. The fourth-order valence-electron chi connectivity index (χ4n) is 2.02. The van der Waals surface area contributed by atoms with Gasteiger partial charge >= 0.3 is 0 Å². The number of anilines is 1. The Kier molecular flexibility index (Phi) is 6.18. The number of hydrogen-bond donors (Lipinski definition) is 1. The maximum atomic E-state index is 13.7. The van der Waals surface area contributed by atoms with Crippen LogP contribution in [0.4, 0.5) is 10.1 Å². The summed E-state index contributed by atoms with van der Waals surface area (Å²) in [6, 6.07) is 10.1. The Balaban J connectivity index is 2.02. The summed E-state index contributed by atoms with van der Waals surface area (Å²) in [7, 11) is 0. The van der Waals surface area contributed by atoms with Gasteiger partial charge < -0.3 is 10.1 Å². The highest BCUT2D eigenvalue weighted by atomic mass is 79.9. The zero-order chi connectivity index (χ0) is 17.0. The van der Waals surface area contributed by atoms with Crippen LogP contribution in [0.25, 0.3) is 0 Å². The number of amides is 1. The van der Waals surface area contributed by atoms with Gasteiger partial charge in [0.1, 0.15) is 11.6 Å². The standard InChI is InChI=1S/C17H16Br2FNO2/c1-10(2)13-7-11(18)4-6-16(13)23-9-17(22)21-15-5-3-12(19)8-14(15)20/h3-8,10H,9H2,1-2H3,(H,21,22). The first-order chi connectivity index (χ1) is 10.9. The summed E-state index contributed by atoms with van der Waals surface area (Å²) in [5, 5.41) is 2.50. The number of carbonyl (C=O) groups excluding carboxylic acids is 1. The summed E-state index contributed by atoms with van der Waals surface area (Å²) in [5.41, 5.74) is 1.13. The van der Waals surface area contributed by atoms with Gasteiger partial charge in [-0.05, 0) is 47.9 Å². The maximum Gasteiger partial charge on any atom is 0.262 e. The molecule has 1 N–H and O–H groups in total.